The summed E-state index contributed by atoms with van der Waals surface area (Å²) in [5.74, 6) is -0.422. The maximum atomic E-state index is 11.2. The molecule has 2 N–H and O–H groups in total. The number of carbonyl (C=O) groups is 1. The van der Waals surface area contributed by atoms with Crippen molar-refractivity contribution in [2.75, 3.05) is 13.2 Å². The lowest BCUT2D eigenvalue weighted by Crippen LogP contribution is -2.17. The molecule has 4 nitrogen and oxygen atoms in total. The molecule has 0 saturated heterocycles. The van der Waals surface area contributed by atoms with E-state index in [0.717, 1.165) is 0 Å². The van der Waals surface area contributed by atoms with E-state index in [0.29, 0.717) is 18.8 Å². The van der Waals surface area contributed by atoms with Gasteiger partial charge in [-0.05, 0) is 26.8 Å². The second kappa shape index (κ2) is 6.22. The standard InChI is InChI=1S/C9H16N2O2/c1-4-11-8(6-7(3)10)9(12)13-5-2/h6H,4-5,10H2,1-3H3. The Morgan fingerprint density at radius 3 is 2.54 bits per heavy atom. The molecule has 0 unspecified atom stereocenters. The minimum Gasteiger partial charge on any atom is -0.461 e. The Morgan fingerprint density at radius 2 is 2.15 bits per heavy atom. The molecule has 0 spiro atoms. The second-order valence-corrected chi connectivity index (χ2v) is 2.47. The normalized spacial score (nSPS) is 12.8. The number of allylic oxidation sites excluding steroid dienone is 1. The van der Waals surface area contributed by atoms with Crippen LogP contribution in [0.2, 0.25) is 0 Å². The molecule has 0 aliphatic rings. The van der Waals surface area contributed by atoms with Crippen LogP contribution in [-0.2, 0) is 9.53 Å². The van der Waals surface area contributed by atoms with Gasteiger partial charge in [0.1, 0.15) is 5.71 Å². The number of nitrogens with two attached hydrogens (primary N) is 1. The first-order valence-electron chi connectivity index (χ1n) is 4.27. The smallest absolute Gasteiger partial charge is 0.356 e. The molecule has 0 rings (SSSR count). The van der Waals surface area contributed by atoms with Crippen LogP contribution in [0.1, 0.15) is 20.8 Å². The van der Waals surface area contributed by atoms with Gasteiger partial charge in [0.05, 0.1) is 6.61 Å². The molecule has 4 heteroatoms. The highest BCUT2D eigenvalue weighted by atomic mass is 16.5. The quantitative estimate of drug-likeness (QED) is 0.521. The topological polar surface area (TPSA) is 64.7 Å². The molecule has 0 aromatic carbocycles. The fourth-order valence-corrected chi connectivity index (χ4v) is 0.760. The van der Waals surface area contributed by atoms with Crippen molar-refractivity contribution in [1.29, 1.82) is 0 Å². The highest BCUT2D eigenvalue weighted by molar-refractivity contribution is 6.41. The highest BCUT2D eigenvalue weighted by Gasteiger charge is 2.08. The molecule has 0 radical (unpaired) electrons. The molecule has 0 amide bonds. The zero-order chi connectivity index (χ0) is 10.3. The summed E-state index contributed by atoms with van der Waals surface area (Å²) >= 11 is 0. The van der Waals surface area contributed by atoms with Gasteiger partial charge in [-0.25, -0.2) is 4.79 Å². The number of aliphatic imine (C=N–C) groups is 1. The van der Waals surface area contributed by atoms with E-state index in [2.05, 4.69) is 4.99 Å². The zero-order valence-electron chi connectivity index (χ0n) is 8.33. The van der Waals surface area contributed by atoms with E-state index in [1.807, 2.05) is 6.92 Å². The first kappa shape index (κ1) is 11.7. The largest absolute Gasteiger partial charge is 0.461 e. The summed E-state index contributed by atoms with van der Waals surface area (Å²) in [6.07, 6.45) is 1.52. The van der Waals surface area contributed by atoms with E-state index in [-0.39, 0.29) is 5.71 Å². The van der Waals surface area contributed by atoms with Crippen LogP contribution < -0.4 is 5.73 Å². The van der Waals surface area contributed by atoms with Crippen LogP contribution >= 0.6 is 0 Å². The van der Waals surface area contributed by atoms with E-state index < -0.39 is 5.97 Å². The summed E-state index contributed by atoms with van der Waals surface area (Å²) < 4.78 is 4.79. The van der Waals surface area contributed by atoms with Gasteiger partial charge in [-0.1, -0.05) is 0 Å². The monoisotopic (exact) mass is 184 g/mol. The SMILES string of the molecule is CCN=C(C=C(C)N)C(=O)OCC. The van der Waals surface area contributed by atoms with Crippen molar-refractivity contribution in [3.8, 4) is 0 Å². The molecule has 0 aliphatic heterocycles. The second-order valence-electron chi connectivity index (χ2n) is 2.47. The van der Waals surface area contributed by atoms with Gasteiger partial charge in [-0.15, -0.1) is 0 Å². The van der Waals surface area contributed by atoms with Crippen molar-refractivity contribution in [2.45, 2.75) is 20.8 Å². The van der Waals surface area contributed by atoms with Gasteiger partial charge in [0, 0.05) is 12.2 Å². The molecule has 0 heterocycles. The van der Waals surface area contributed by atoms with Crippen LogP contribution in [0.15, 0.2) is 16.8 Å². The Kier molecular flexibility index (Phi) is 5.59. The molecular formula is C9H16N2O2. The molecule has 0 atom stereocenters. The Morgan fingerprint density at radius 1 is 1.54 bits per heavy atom. The van der Waals surface area contributed by atoms with E-state index in [9.17, 15) is 4.79 Å². The predicted octanol–water partition coefficient (Wildman–Crippen LogP) is 0.873. The van der Waals surface area contributed by atoms with E-state index in [4.69, 9.17) is 10.5 Å². The number of ether oxygens (including phenoxy) is 1. The lowest BCUT2D eigenvalue weighted by molar-refractivity contribution is -0.134. The van der Waals surface area contributed by atoms with Gasteiger partial charge >= 0.3 is 5.97 Å². The van der Waals surface area contributed by atoms with Crippen molar-refractivity contribution in [3.63, 3.8) is 0 Å². The van der Waals surface area contributed by atoms with Crippen LogP contribution in [0, 0.1) is 0 Å². The average Bonchev–Trinajstić information content (AvgIpc) is 2.03. The van der Waals surface area contributed by atoms with Crippen molar-refractivity contribution >= 4 is 11.7 Å². The van der Waals surface area contributed by atoms with Crippen LogP contribution in [0.25, 0.3) is 0 Å². The van der Waals surface area contributed by atoms with Gasteiger partial charge < -0.3 is 10.5 Å². The van der Waals surface area contributed by atoms with Crippen LogP contribution in [0.4, 0.5) is 0 Å². The lowest BCUT2D eigenvalue weighted by Gasteiger charge is -2.01. The van der Waals surface area contributed by atoms with Crippen LogP contribution in [0.5, 0.6) is 0 Å². The van der Waals surface area contributed by atoms with Crippen molar-refractivity contribution in [1.82, 2.24) is 0 Å². The first-order valence-corrected chi connectivity index (χ1v) is 4.27. The Bertz CT molecular complexity index is 228. The van der Waals surface area contributed by atoms with Gasteiger partial charge in [0.25, 0.3) is 0 Å². The first-order chi connectivity index (χ1) is 6.11. The Labute approximate surface area is 78.5 Å². The van der Waals surface area contributed by atoms with Gasteiger partial charge in [0.15, 0.2) is 0 Å². The third kappa shape index (κ3) is 5.00. The fraction of sp³-hybridized carbons (Fsp3) is 0.556. The van der Waals surface area contributed by atoms with Crippen LogP contribution in [0.3, 0.4) is 0 Å². The van der Waals surface area contributed by atoms with Crippen molar-refractivity contribution in [3.05, 3.63) is 11.8 Å². The maximum absolute atomic E-state index is 11.2. The van der Waals surface area contributed by atoms with Gasteiger partial charge in [0.2, 0.25) is 0 Å². The van der Waals surface area contributed by atoms with Crippen molar-refractivity contribution < 1.29 is 9.53 Å². The molecule has 0 aliphatic carbocycles. The Hall–Kier alpha value is -1.32. The average molecular weight is 184 g/mol. The third-order valence-electron chi connectivity index (χ3n) is 1.18. The van der Waals surface area contributed by atoms with Crippen LogP contribution in [-0.4, -0.2) is 24.8 Å². The van der Waals surface area contributed by atoms with E-state index in [1.165, 1.54) is 6.08 Å². The minimum absolute atomic E-state index is 0.282. The predicted molar refractivity (Wildman–Crippen MR) is 52.6 cm³/mol. The number of carbonyl (C=O) groups excluding carboxylic acids is 1. The summed E-state index contributed by atoms with van der Waals surface area (Å²) in [4.78, 5) is 15.2. The van der Waals surface area contributed by atoms with Crippen molar-refractivity contribution in [2.24, 2.45) is 10.7 Å². The molecule has 74 valence electrons. The summed E-state index contributed by atoms with van der Waals surface area (Å²) in [5.41, 5.74) is 6.25. The molecule has 0 aromatic rings. The fourth-order valence-electron chi connectivity index (χ4n) is 0.760. The number of hydrogen-bond donors (Lipinski definition) is 1. The van der Waals surface area contributed by atoms with Gasteiger partial charge in [-0.3, -0.25) is 4.99 Å². The summed E-state index contributed by atoms with van der Waals surface area (Å²) in [6, 6.07) is 0. The zero-order valence-corrected chi connectivity index (χ0v) is 8.33. The Balaban J connectivity index is 4.53. The molecule has 0 aromatic heterocycles. The van der Waals surface area contributed by atoms with E-state index in [1.54, 1.807) is 13.8 Å². The number of hydrogen-bond acceptors (Lipinski definition) is 4. The number of rotatable bonds is 4. The van der Waals surface area contributed by atoms with Gasteiger partial charge in [-0.2, -0.15) is 0 Å². The molecule has 0 bridgehead atoms. The molecule has 13 heavy (non-hydrogen) atoms. The maximum Gasteiger partial charge on any atom is 0.356 e. The minimum atomic E-state index is -0.422. The lowest BCUT2D eigenvalue weighted by atomic mass is 10.3. The number of esters is 1. The third-order valence-corrected chi connectivity index (χ3v) is 1.18. The highest BCUT2D eigenvalue weighted by Crippen LogP contribution is 1.91. The molecule has 0 fully saturated rings. The number of nitrogens with zero attached hydrogens (tertiary/aromatic N) is 1. The molecular weight excluding hydrogens is 168 g/mol. The van der Waals surface area contributed by atoms with E-state index >= 15 is 0 Å². The summed E-state index contributed by atoms with van der Waals surface area (Å²) in [5, 5.41) is 0. The molecule has 0 saturated carbocycles. The summed E-state index contributed by atoms with van der Waals surface area (Å²) in [6.45, 7) is 6.18. The summed E-state index contributed by atoms with van der Waals surface area (Å²) in [7, 11) is 0.